The van der Waals surface area contributed by atoms with Gasteiger partial charge in [-0.2, -0.15) is 13.2 Å². The molecule has 0 fully saturated rings. The van der Waals surface area contributed by atoms with Crippen LogP contribution in [-0.2, 0) is 19.3 Å². The van der Waals surface area contributed by atoms with Crippen molar-refractivity contribution >= 4 is 0 Å². The molecule has 0 saturated heterocycles. The lowest BCUT2D eigenvalue weighted by Gasteiger charge is -2.13. The third kappa shape index (κ3) is 3.56. The van der Waals surface area contributed by atoms with E-state index in [1.54, 1.807) is 36.4 Å². The van der Waals surface area contributed by atoms with Gasteiger partial charge < -0.3 is 11.5 Å². The Labute approximate surface area is 147 Å². The van der Waals surface area contributed by atoms with Crippen molar-refractivity contribution < 1.29 is 13.2 Å². The lowest BCUT2D eigenvalue weighted by molar-refractivity contribution is -0.140. The summed E-state index contributed by atoms with van der Waals surface area (Å²) < 4.78 is 40.7. The molecule has 0 aliphatic carbocycles. The van der Waals surface area contributed by atoms with E-state index in [2.05, 4.69) is 15.2 Å². The Morgan fingerprint density at radius 3 is 2.15 bits per heavy atom. The van der Waals surface area contributed by atoms with Gasteiger partial charge in [0.25, 0.3) is 0 Å². The van der Waals surface area contributed by atoms with E-state index >= 15 is 0 Å². The quantitative estimate of drug-likeness (QED) is 0.747. The number of halogens is 3. The molecule has 134 valence electrons. The maximum Gasteiger partial charge on any atom is 0.435 e. The molecule has 8 heteroatoms. The molecule has 1 heterocycles. The first kappa shape index (κ1) is 18.0. The summed E-state index contributed by atoms with van der Waals surface area (Å²) in [6, 6.07) is 13.1. The van der Waals surface area contributed by atoms with E-state index in [4.69, 9.17) is 11.5 Å². The van der Waals surface area contributed by atoms with Crippen molar-refractivity contribution in [2.45, 2.75) is 19.3 Å². The van der Waals surface area contributed by atoms with Gasteiger partial charge in [0.1, 0.15) is 5.69 Å². The molecular formula is C18H16F3N5. The zero-order valence-electron chi connectivity index (χ0n) is 13.7. The van der Waals surface area contributed by atoms with Crippen molar-refractivity contribution in [3.05, 3.63) is 65.4 Å². The van der Waals surface area contributed by atoms with Crippen LogP contribution in [0, 0.1) is 0 Å². The molecule has 0 bridgehead atoms. The molecule has 26 heavy (non-hydrogen) atoms. The minimum absolute atomic E-state index is 0.110. The Morgan fingerprint density at radius 1 is 0.846 bits per heavy atom. The van der Waals surface area contributed by atoms with E-state index in [1.165, 1.54) is 12.1 Å². The first-order chi connectivity index (χ1) is 12.4. The van der Waals surface area contributed by atoms with Crippen molar-refractivity contribution in [3.63, 3.8) is 0 Å². The molecular weight excluding hydrogens is 343 g/mol. The summed E-state index contributed by atoms with van der Waals surface area (Å²) >= 11 is 0. The highest BCUT2D eigenvalue weighted by molar-refractivity contribution is 5.65. The van der Waals surface area contributed by atoms with Crippen molar-refractivity contribution in [1.29, 1.82) is 0 Å². The lowest BCUT2D eigenvalue weighted by atomic mass is 10.1. The minimum Gasteiger partial charge on any atom is -0.326 e. The fourth-order valence-electron chi connectivity index (χ4n) is 2.55. The maximum absolute atomic E-state index is 13.6. The largest absolute Gasteiger partial charge is 0.435 e. The molecule has 2 aromatic carbocycles. The number of benzene rings is 2. The van der Waals surface area contributed by atoms with Crippen LogP contribution in [0.2, 0.25) is 0 Å². The average Bonchev–Trinajstić information content (AvgIpc) is 2.67. The zero-order chi connectivity index (χ0) is 18.7. The molecule has 0 saturated carbocycles. The van der Waals surface area contributed by atoms with Crippen LogP contribution in [-0.4, -0.2) is 15.2 Å². The molecule has 1 aromatic heterocycles. The number of hydrogen-bond acceptors (Lipinski definition) is 5. The first-order valence-electron chi connectivity index (χ1n) is 7.83. The minimum atomic E-state index is -4.68. The standard InChI is InChI=1S/C18H16F3N5/c19-18(20,21)16-15(12-7-5-11(9-22)6-8-12)25-26-17(24-16)14-4-2-1-3-13(14)10-23/h1-8H,9-10,22-23H2. The van der Waals surface area contributed by atoms with Gasteiger partial charge in [-0.25, -0.2) is 4.98 Å². The second-order valence-electron chi connectivity index (χ2n) is 5.59. The average molecular weight is 359 g/mol. The van der Waals surface area contributed by atoms with Gasteiger partial charge >= 0.3 is 6.18 Å². The van der Waals surface area contributed by atoms with Crippen molar-refractivity contribution in [3.8, 4) is 22.6 Å². The Hall–Kier alpha value is -2.84. The van der Waals surface area contributed by atoms with E-state index < -0.39 is 11.9 Å². The van der Waals surface area contributed by atoms with E-state index in [1.807, 2.05) is 0 Å². The Balaban J connectivity index is 2.15. The molecule has 5 nitrogen and oxygen atoms in total. The van der Waals surface area contributed by atoms with Crippen LogP contribution in [0.1, 0.15) is 16.8 Å². The fraction of sp³-hybridized carbons (Fsp3) is 0.167. The lowest BCUT2D eigenvalue weighted by Crippen LogP contribution is -2.14. The van der Waals surface area contributed by atoms with Crippen LogP contribution >= 0.6 is 0 Å². The summed E-state index contributed by atoms with van der Waals surface area (Å²) in [4.78, 5) is 3.76. The molecule has 3 rings (SSSR count). The van der Waals surface area contributed by atoms with Crippen LogP contribution in [0.4, 0.5) is 13.2 Å². The molecule has 4 N–H and O–H groups in total. The highest BCUT2D eigenvalue weighted by Crippen LogP contribution is 2.35. The number of aromatic nitrogens is 3. The predicted molar refractivity (Wildman–Crippen MR) is 91.5 cm³/mol. The van der Waals surface area contributed by atoms with Crippen LogP contribution in [0.25, 0.3) is 22.6 Å². The molecule has 0 aliphatic rings. The van der Waals surface area contributed by atoms with Crippen molar-refractivity contribution in [2.24, 2.45) is 11.5 Å². The SMILES string of the molecule is NCc1ccc(-c2nnc(-c3ccccc3CN)nc2C(F)(F)F)cc1. The number of nitrogens with zero attached hydrogens (tertiary/aromatic N) is 3. The summed E-state index contributed by atoms with van der Waals surface area (Å²) in [6.07, 6.45) is -4.68. The monoisotopic (exact) mass is 359 g/mol. The van der Waals surface area contributed by atoms with Crippen LogP contribution in [0.3, 0.4) is 0 Å². The third-order valence-electron chi connectivity index (χ3n) is 3.90. The molecule has 3 aromatic rings. The van der Waals surface area contributed by atoms with Gasteiger partial charge in [-0.15, -0.1) is 10.2 Å². The molecule has 0 amide bonds. The highest BCUT2D eigenvalue weighted by Gasteiger charge is 2.37. The van der Waals surface area contributed by atoms with E-state index in [0.717, 1.165) is 5.56 Å². The second kappa shape index (κ2) is 7.19. The Bertz CT molecular complexity index is 907. The van der Waals surface area contributed by atoms with Crippen LogP contribution < -0.4 is 11.5 Å². The van der Waals surface area contributed by atoms with Gasteiger partial charge in [-0.05, 0) is 11.1 Å². The smallest absolute Gasteiger partial charge is 0.326 e. The van der Waals surface area contributed by atoms with Crippen molar-refractivity contribution in [1.82, 2.24) is 15.2 Å². The summed E-state index contributed by atoms with van der Waals surface area (Å²) in [6.45, 7) is 0.453. The van der Waals surface area contributed by atoms with Gasteiger partial charge in [-0.3, -0.25) is 0 Å². The number of hydrogen-bond donors (Lipinski definition) is 2. The Morgan fingerprint density at radius 2 is 1.54 bits per heavy atom. The molecule has 0 unspecified atom stereocenters. The third-order valence-corrected chi connectivity index (χ3v) is 3.90. The van der Waals surface area contributed by atoms with Crippen LogP contribution in [0.15, 0.2) is 48.5 Å². The number of alkyl halides is 3. The Kier molecular flexibility index (Phi) is 4.97. The topological polar surface area (TPSA) is 90.7 Å². The molecule has 0 aliphatic heterocycles. The molecule has 0 radical (unpaired) electrons. The van der Waals surface area contributed by atoms with E-state index in [-0.39, 0.29) is 23.6 Å². The van der Waals surface area contributed by atoms with Crippen molar-refractivity contribution in [2.75, 3.05) is 0 Å². The van der Waals surface area contributed by atoms with Gasteiger partial charge in [0.15, 0.2) is 11.5 Å². The van der Waals surface area contributed by atoms with Gasteiger partial charge in [0, 0.05) is 24.2 Å². The van der Waals surface area contributed by atoms with Gasteiger partial charge in [-0.1, -0.05) is 48.5 Å². The molecule has 0 spiro atoms. The van der Waals surface area contributed by atoms with Gasteiger partial charge in [0.2, 0.25) is 0 Å². The second-order valence-corrected chi connectivity index (χ2v) is 5.59. The summed E-state index contributed by atoms with van der Waals surface area (Å²) in [5.74, 6) is -0.110. The summed E-state index contributed by atoms with van der Waals surface area (Å²) in [5.41, 5.74) is 11.9. The van der Waals surface area contributed by atoms with E-state index in [0.29, 0.717) is 17.7 Å². The predicted octanol–water partition coefficient (Wildman–Crippen LogP) is 3.14. The zero-order valence-corrected chi connectivity index (χ0v) is 13.7. The normalized spacial score (nSPS) is 11.6. The maximum atomic E-state index is 13.6. The summed E-state index contributed by atoms with van der Waals surface area (Å²) in [5, 5.41) is 7.73. The molecule has 0 atom stereocenters. The van der Waals surface area contributed by atoms with E-state index in [9.17, 15) is 13.2 Å². The summed E-state index contributed by atoms with van der Waals surface area (Å²) in [7, 11) is 0. The number of nitrogens with two attached hydrogens (primary N) is 2. The highest BCUT2D eigenvalue weighted by atomic mass is 19.4. The van der Waals surface area contributed by atoms with Crippen LogP contribution in [0.5, 0.6) is 0 Å². The first-order valence-corrected chi connectivity index (χ1v) is 7.83. The van der Waals surface area contributed by atoms with Gasteiger partial charge in [0.05, 0.1) is 0 Å². The number of rotatable bonds is 4. The fourth-order valence-corrected chi connectivity index (χ4v) is 2.55.